The number of carbonyl (C=O) groups excluding carboxylic acids is 1. The smallest absolute Gasteiger partial charge is 0.230 e. The fraction of sp³-hybridized carbons (Fsp3) is 0.438. The van der Waals surface area contributed by atoms with Crippen LogP contribution in [0.25, 0.3) is 0 Å². The average molecular weight is 318 g/mol. The van der Waals surface area contributed by atoms with Gasteiger partial charge in [-0.05, 0) is 23.5 Å². The molecule has 0 unspecified atom stereocenters. The van der Waals surface area contributed by atoms with E-state index in [1.807, 2.05) is 0 Å². The summed E-state index contributed by atoms with van der Waals surface area (Å²) in [7, 11) is 0. The molecule has 22 heavy (non-hydrogen) atoms. The summed E-state index contributed by atoms with van der Waals surface area (Å²) in [5.41, 5.74) is 2.45. The molecule has 1 aromatic heterocycles. The van der Waals surface area contributed by atoms with E-state index in [-0.39, 0.29) is 11.9 Å². The molecule has 0 radical (unpaired) electrons. The van der Waals surface area contributed by atoms with E-state index in [4.69, 9.17) is 0 Å². The van der Waals surface area contributed by atoms with Gasteiger partial charge < -0.3 is 5.32 Å². The minimum Gasteiger partial charge on any atom is -0.348 e. The molecule has 0 fully saturated rings. The molecule has 2 rings (SSSR count). The van der Waals surface area contributed by atoms with Crippen LogP contribution in [0.1, 0.15) is 37.9 Å². The number of rotatable bonds is 7. The topological polar surface area (TPSA) is 70.7 Å². The molecule has 1 atom stereocenters. The minimum absolute atomic E-state index is 0.000307. The summed E-state index contributed by atoms with van der Waals surface area (Å²) in [6.45, 7) is 6.36. The van der Waals surface area contributed by atoms with Crippen LogP contribution in [0.5, 0.6) is 0 Å². The van der Waals surface area contributed by atoms with Crippen molar-refractivity contribution in [2.45, 2.75) is 38.4 Å². The maximum atomic E-state index is 12.2. The monoisotopic (exact) mass is 318 g/mol. The van der Waals surface area contributed by atoms with Gasteiger partial charge in [-0.1, -0.05) is 56.8 Å². The van der Waals surface area contributed by atoms with E-state index in [1.165, 1.54) is 23.7 Å². The predicted molar refractivity (Wildman–Crippen MR) is 88.6 cm³/mol. The van der Waals surface area contributed by atoms with Gasteiger partial charge in [0.25, 0.3) is 0 Å². The first-order valence-corrected chi connectivity index (χ1v) is 8.45. The maximum Gasteiger partial charge on any atom is 0.230 e. The van der Waals surface area contributed by atoms with E-state index in [2.05, 4.69) is 65.5 Å². The average Bonchev–Trinajstić information content (AvgIpc) is 3.04. The van der Waals surface area contributed by atoms with Crippen molar-refractivity contribution in [2.75, 3.05) is 5.75 Å². The maximum absolute atomic E-state index is 12.2. The minimum atomic E-state index is -0.000307. The van der Waals surface area contributed by atoms with Gasteiger partial charge in [0.2, 0.25) is 5.91 Å². The Bertz CT molecular complexity index is 581. The van der Waals surface area contributed by atoms with Crippen LogP contribution < -0.4 is 5.32 Å². The van der Waals surface area contributed by atoms with E-state index < -0.39 is 0 Å². The van der Waals surface area contributed by atoms with Crippen molar-refractivity contribution in [3.63, 3.8) is 0 Å². The van der Waals surface area contributed by atoms with Crippen LogP contribution in [0.3, 0.4) is 0 Å². The molecule has 0 bridgehead atoms. The third-order valence-electron chi connectivity index (χ3n) is 3.46. The zero-order valence-electron chi connectivity index (χ0n) is 13.2. The number of aromatic nitrogens is 3. The number of hydrogen-bond donors (Lipinski definition) is 2. The molecular weight excluding hydrogens is 296 g/mol. The molecule has 2 aromatic rings. The Kier molecular flexibility index (Phi) is 6.00. The van der Waals surface area contributed by atoms with Crippen LogP contribution in [0, 0.1) is 5.92 Å². The number of aryl methyl sites for hydroxylation is 1. The number of carbonyl (C=O) groups is 1. The van der Waals surface area contributed by atoms with Gasteiger partial charge >= 0.3 is 0 Å². The number of nitrogens with one attached hydrogen (secondary N) is 2. The molecule has 1 aromatic carbocycles. The van der Waals surface area contributed by atoms with Crippen molar-refractivity contribution >= 4 is 17.7 Å². The predicted octanol–water partition coefficient (Wildman–Crippen LogP) is 2.97. The highest BCUT2D eigenvalue weighted by Crippen LogP contribution is 2.22. The highest BCUT2D eigenvalue weighted by atomic mass is 32.2. The second kappa shape index (κ2) is 7.98. The fourth-order valence-corrected chi connectivity index (χ4v) is 2.80. The molecule has 118 valence electrons. The van der Waals surface area contributed by atoms with Crippen LogP contribution in [0.4, 0.5) is 0 Å². The summed E-state index contributed by atoms with van der Waals surface area (Å²) in [5.74, 6) is 0.650. The van der Waals surface area contributed by atoms with Gasteiger partial charge in [-0.2, -0.15) is 5.10 Å². The van der Waals surface area contributed by atoms with Gasteiger partial charge in [0.15, 0.2) is 5.16 Å². The van der Waals surface area contributed by atoms with Crippen molar-refractivity contribution in [3.8, 4) is 0 Å². The van der Waals surface area contributed by atoms with E-state index in [9.17, 15) is 4.79 Å². The number of nitrogens with zero attached hydrogens (tertiary/aromatic N) is 2. The number of H-pyrrole nitrogens is 1. The van der Waals surface area contributed by atoms with E-state index in [1.54, 1.807) is 0 Å². The molecule has 5 nitrogen and oxygen atoms in total. The van der Waals surface area contributed by atoms with Crippen LogP contribution in [0.2, 0.25) is 0 Å². The molecule has 1 heterocycles. The van der Waals surface area contributed by atoms with Crippen molar-refractivity contribution in [2.24, 2.45) is 5.92 Å². The summed E-state index contributed by atoms with van der Waals surface area (Å²) in [6.07, 6.45) is 2.46. The summed E-state index contributed by atoms with van der Waals surface area (Å²) in [6, 6.07) is 8.48. The third kappa shape index (κ3) is 4.59. The van der Waals surface area contributed by atoms with Crippen LogP contribution in [-0.4, -0.2) is 26.8 Å². The van der Waals surface area contributed by atoms with Gasteiger partial charge in [0, 0.05) is 0 Å². The number of thioether (sulfide) groups is 1. The van der Waals surface area contributed by atoms with Crippen LogP contribution in [0.15, 0.2) is 35.7 Å². The normalized spacial score (nSPS) is 12.4. The zero-order chi connectivity index (χ0) is 15.9. The van der Waals surface area contributed by atoms with E-state index >= 15 is 0 Å². The Morgan fingerprint density at radius 2 is 2.05 bits per heavy atom. The van der Waals surface area contributed by atoms with Crippen molar-refractivity contribution in [3.05, 3.63) is 41.7 Å². The highest BCUT2D eigenvalue weighted by molar-refractivity contribution is 7.99. The van der Waals surface area contributed by atoms with Crippen LogP contribution in [-0.2, 0) is 11.2 Å². The lowest BCUT2D eigenvalue weighted by Crippen LogP contribution is -2.33. The fourth-order valence-electron chi connectivity index (χ4n) is 2.21. The number of amides is 1. The number of hydrogen-bond acceptors (Lipinski definition) is 4. The molecule has 1 amide bonds. The molecule has 2 N–H and O–H groups in total. The van der Waals surface area contributed by atoms with Gasteiger partial charge in [-0.25, -0.2) is 4.98 Å². The van der Waals surface area contributed by atoms with E-state index in [0.717, 1.165) is 12.0 Å². The number of aromatic amines is 1. The largest absolute Gasteiger partial charge is 0.348 e. The van der Waals surface area contributed by atoms with Gasteiger partial charge in [0.05, 0.1) is 11.8 Å². The summed E-state index contributed by atoms with van der Waals surface area (Å²) in [4.78, 5) is 16.2. The molecule has 0 aliphatic rings. The Balaban J connectivity index is 1.96. The molecular formula is C16H22N4OS. The Labute approximate surface area is 135 Å². The van der Waals surface area contributed by atoms with Gasteiger partial charge in [-0.3, -0.25) is 9.89 Å². The lowest BCUT2D eigenvalue weighted by molar-refractivity contribution is -0.119. The zero-order valence-corrected chi connectivity index (χ0v) is 14.0. The first-order valence-electron chi connectivity index (χ1n) is 7.46. The quantitative estimate of drug-likeness (QED) is 0.770. The Morgan fingerprint density at radius 3 is 2.59 bits per heavy atom. The van der Waals surface area contributed by atoms with E-state index in [0.29, 0.717) is 16.8 Å². The first-order chi connectivity index (χ1) is 10.6. The summed E-state index contributed by atoms with van der Waals surface area (Å²) < 4.78 is 0. The standard InChI is InChI=1S/C16H22N4OS/c1-4-12-5-7-13(8-6-12)15(11(2)3)19-14(21)9-22-16-17-10-18-20-16/h5-8,10-11,15H,4,9H2,1-3H3,(H,19,21)(H,17,18,20)/t15-/m0/s1. The molecule has 0 spiro atoms. The van der Waals surface area contributed by atoms with Crippen LogP contribution >= 0.6 is 11.8 Å². The van der Waals surface area contributed by atoms with Crippen molar-refractivity contribution < 1.29 is 4.79 Å². The Morgan fingerprint density at radius 1 is 1.32 bits per heavy atom. The molecule has 0 saturated heterocycles. The van der Waals surface area contributed by atoms with Gasteiger partial charge in [0.1, 0.15) is 6.33 Å². The molecule has 0 aliphatic carbocycles. The highest BCUT2D eigenvalue weighted by Gasteiger charge is 2.18. The second-order valence-corrected chi connectivity index (χ2v) is 6.43. The SMILES string of the molecule is CCc1ccc([C@@H](NC(=O)CSc2ncn[nH]2)C(C)C)cc1. The lowest BCUT2D eigenvalue weighted by Gasteiger charge is -2.23. The second-order valence-electron chi connectivity index (χ2n) is 5.46. The summed E-state index contributed by atoms with van der Waals surface area (Å²) in [5, 5.41) is 10.3. The first kappa shape index (κ1) is 16.5. The molecule has 0 saturated carbocycles. The van der Waals surface area contributed by atoms with Gasteiger partial charge in [-0.15, -0.1) is 0 Å². The van der Waals surface area contributed by atoms with Crippen molar-refractivity contribution in [1.82, 2.24) is 20.5 Å². The molecule has 6 heteroatoms. The number of benzene rings is 1. The Hall–Kier alpha value is -1.82. The van der Waals surface area contributed by atoms with Crippen molar-refractivity contribution in [1.29, 1.82) is 0 Å². The summed E-state index contributed by atoms with van der Waals surface area (Å²) >= 11 is 1.35. The lowest BCUT2D eigenvalue weighted by atomic mass is 9.95. The third-order valence-corrected chi connectivity index (χ3v) is 4.34. The molecule has 0 aliphatic heterocycles.